The molecule has 1 aromatic carbocycles. The van der Waals surface area contributed by atoms with Gasteiger partial charge in [-0.2, -0.15) is 0 Å². The van der Waals surface area contributed by atoms with Crippen LogP contribution >= 0.6 is 0 Å². The van der Waals surface area contributed by atoms with Crippen LogP contribution in [0.15, 0.2) is 35.2 Å². The van der Waals surface area contributed by atoms with Crippen LogP contribution in [-0.4, -0.2) is 19.9 Å². The molecule has 0 aliphatic carbocycles. The van der Waals surface area contributed by atoms with Gasteiger partial charge < -0.3 is 0 Å². The number of hydrogen-bond acceptors (Lipinski definition) is 4. The van der Waals surface area contributed by atoms with Crippen molar-refractivity contribution in [3.05, 3.63) is 46.3 Å². The van der Waals surface area contributed by atoms with Crippen molar-refractivity contribution in [2.45, 2.75) is 11.8 Å². The lowest BCUT2D eigenvalue weighted by Crippen LogP contribution is -2.26. The third-order valence-corrected chi connectivity index (χ3v) is 3.42. The Kier molecular flexibility index (Phi) is 4.15. The summed E-state index contributed by atoms with van der Waals surface area (Å²) >= 11 is 0. The summed E-state index contributed by atoms with van der Waals surface area (Å²) in [6.07, 6.45) is 0. The van der Waals surface area contributed by atoms with Gasteiger partial charge in [0.05, 0.1) is 11.0 Å². The Hall–Kier alpha value is -1.80. The van der Waals surface area contributed by atoms with Crippen LogP contribution < -0.4 is 4.72 Å². The third kappa shape index (κ3) is 3.34. The fraction of sp³-hybridized carbons (Fsp3) is 0.200. The molecule has 0 bridgehead atoms. The minimum Gasteiger partial charge on any atom is -0.258 e. The molecule has 1 aromatic rings. The summed E-state index contributed by atoms with van der Waals surface area (Å²) in [5.74, 6) is -0.874. The number of nitro groups is 1. The lowest BCUT2D eigenvalue weighted by Gasteiger charge is -2.06. The van der Waals surface area contributed by atoms with Gasteiger partial charge in [0, 0.05) is 6.54 Å². The van der Waals surface area contributed by atoms with Gasteiger partial charge >= 0.3 is 0 Å². The summed E-state index contributed by atoms with van der Waals surface area (Å²) in [6.45, 7) is 5.06. The van der Waals surface area contributed by atoms with Gasteiger partial charge in [0.1, 0.15) is 5.82 Å². The Bertz CT molecular complexity index is 598. The zero-order chi connectivity index (χ0) is 13.9. The molecule has 18 heavy (non-hydrogen) atoms. The molecule has 1 N–H and O–H groups in total. The van der Waals surface area contributed by atoms with Gasteiger partial charge in [-0.25, -0.2) is 17.5 Å². The van der Waals surface area contributed by atoms with E-state index in [1.165, 1.54) is 0 Å². The molecule has 1 rings (SSSR count). The monoisotopic (exact) mass is 274 g/mol. The number of hydrogen-bond donors (Lipinski definition) is 1. The van der Waals surface area contributed by atoms with Crippen molar-refractivity contribution in [2.24, 2.45) is 0 Å². The normalized spacial score (nSPS) is 11.2. The highest BCUT2D eigenvalue weighted by Gasteiger charge is 2.25. The summed E-state index contributed by atoms with van der Waals surface area (Å²) in [4.78, 5) is 9.17. The predicted molar refractivity (Wildman–Crippen MR) is 63.1 cm³/mol. The molecule has 6 nitrogen and oxygen atoms in total. The molecule has 0 aliphatic heterocycles. The number of nitrogens with one attached hydrogen (secondary N) is 1. The van der Waals surface area contributed by atoms with Crippen LogP contribution in [0.5, 0.6) is 0 Å². The van der Waals surface area contributed by atoms with Crippen molar-refractivity contribution in [1.29, 1.82) is 0 Å². The molecular formula is C10H11FN2O4S. The van der Waals surface area contributed by atoms with E-state index in [-0.39, 0.29) is 6.54 Å². The quantitative estimate of drug-likeness (QED) is 0.501. The lowest BCUT2D eigenvalue weighted by atomic mass is 10.3. The maximum atomic E-state index is 12.9. The Labute approximate surface area is 103 Å². The number of nitrogens with zero attached hydrogens (tertiary/aromatic N) is 1. The summed E-state index contributed by atoms with van der Waals surface area (Å²) in [5, 5.41) is 10.7. The molecule has 0 saturated heterocycles. The van der Waals surface area contributed by atoms with Crippen LogP contribution in [0, 0.1) is 15.9 Å². The van der Waals surface area contributed by atoms with E-state index in [0.717, 1.165) is 12.1 Å². The van der Waals surface area contributed by atoms with E-state index >= 15 is 0 Å². The highest BCUT2D eigenvalue weighted by atomic mass is 32.2. The van der Waals surface area contributed by atoms with Gasteiger partial charge in [0.15, 0.2) is 4.90 Å². The maximum Gasteiger partial charge on any atom is 0.292 e. The summed E-state index contributed by atoms with van der Waals surface area (Å²) in [6, 6.07) is 2.27. The average Bonchev–Trinajstić information content (AvgIpc) is 2.26. The first kappa shape index (κ1) is 14.3. The third-order valence-electron chi connectivity index (χ3n) is 1.97. The Balaban J connectivity index is 3.24. The molecule has 8 heteroatoms. The Morgan fingerprint density at radius 2 is 2.17 bits per heavy atom. The van der Waals surface area contributed by atoms with Gasteiger partial charge in [-0.3, -0.25) is 10.1 Å². The molecule has 0 aliphatic rings. The van der Waals surface area contributed by atoms with Crippen molar-refractivity contribution in [2.75, 3.05) is 6.54 Å². The van der Waals surface area contributed by atoms with E-state index < -0.39 is 31.3 Å². The van der Waals surface area contributed by atoms with Gasteiger partial charge in [-0.15, -0.1) is 0 Å². The Morgan fingerprint density at radius 3 is 2.67 bits per heavy atom. The van der Waals surface area contributed by atoms with Crippen LogP contribution in [0.2, 0.25) is 0 Å². The van der Waals surface area contributed by atoms with Crippen LogP contribution in [0.25, 0.3) is 0 Å². The zero-order valence-corrected chi connectivity index (χ0v) is 10.3. The molecule has 98 valence electrons. The first-order valence-electron chi connectivity index (χ1n) is 4.82. The second-order valence-corrected chi connectivity index (χ2v) is 5.39. The Morgan fingerprint density at radius 1 is 1.56 bits per heavy atom. The van der Waals surface area contributed by atoms with Crippen molar-refractivity contribution < 1.29 is 17.7 Å². The van der Waals surface area contributed by atoms with Crippen molar-refractivity contribution >= 4 is 15.7 Å². The SMILES string of the molecule is C=C(C)CNS(=O)(=O)c1ccc(F)cc1[N+](=O)[O-]. The molecular weight excluding hydrogens is 263 g/mol. The fourth-order valence-electron chi connectivity index (χ4n) is 1.16. The molecule has 0 amide bonds. The highest BCUT2D eigenvalue weighted by Crippen LogP contribution is 2.24. The summed E-state index contributed by atoms with van der Waals surface area (Å²) in [5.41, 5.74) is -0.257. The summed E-state index contributed by atoms with van der Waals surface area (Å²) < 4.78 is 38.6. The molecule has 0 saturated carbocycles. The number of rotatable bonds is 5. The van der Waals surface area contributed by atoms with E-state index in [9.17, 15) is 22.9 Å². The van der Waals surface area contributed by atoms with Crippen molar-refractivity contribution in [3.8, 4) is 0 Å². The number of benzene rings is 1. The van der Waals surface area contributed by atoms with E-state index in [1.54, 1.807) is 6.92 Å². The van der Waals surface area contributed by atoms with E-state index in [4.69, 9.17) is 0 Å². The van der Waals surface area contributed by atoms with E-state index in [2.05, 4.69) is 11.3 Å². The second-order valence-electron chi connectivity index (χ2n) is 3.65. The number of nitro benzene ring substituents is 1. The molecule has 0 fully saturated rings. The number of halogens is 1. The molecule has 0 spiro atoms. The van der Waals surface area contributed by atoms with Crippen LogP contribution in [0.1, 0.15) is 6.92 Å². The molecule has 0 radical (unpaired) electrons. The van der Waals surface area contributed by atoms with Crippen LogP contribution in [0.4, 0.5) is 10.1 Å². The van der Waals surface area contributed by atoms with E-state index in [1.807, 2.05) is 0 Å². The lowest BCUT2D eigenvalue weighted by molar-refractivity contribution is -0.388. The predicted octanol–water partition coefficient (Wildman–Crippen LogP) is 1.59. The summed E-state index contributed by atoms with van der Waals surface area (Å²) in [7, 11) is -4.07. The fourth-order valence-corrected chi connectivity index (χ4v) is 2.40. The minimum absolute atomic E-state index is 0.0448. The number of sulfonamides is 1. The first-order chi connectivity index (χ1) is 8.24. The molecule has 0 heterocycles. The van der Waals surface area contributed by atoms with Gasteiger partial charge in [-0.1, -0.05) is 12.2 Å². The molecule has 0 unspecified atom stereocenters. The topological polar surface area (TPSA) is 89.3 Å². The standard InChI is InChI=1S/C10H11FN2O4S/c1-7(2)6-12-18(16,17)10-4-3-8(11)5-9(10)13(14)15/h3-5,12H,1,6H2,2H3. The average molecular weight is 274 g/mol. The van der Waals surface area contributed by atoms with Gasteiger partial charge in [0.2, 0.25) is 10.0 Å². The van der Waals surface area contributed by atoms with E-state index in [0.29, 0.717) is 11.6 Å². The largest absolute Gasteiger partial charge is 0.292 e. The van der Waals surface area contributed by atoms with Gasteiger partial charge in [0.25, 0.3) is 5.69 Å². The molecule has 0 aromatic heterocycles. The second kappa shape index (κ2) is 5.23. The minimum atomic E-state index is -4.07. The highest BCUT2D eigenvalue weighted by molar-refractivity contribution is 7.89. The van der Waals surface area contributed by atoms with Crippen LogP contribution in [-0.2, 0) is 10.0 Å². The maximum absolute atomic E-state index is 12.9. The molecule has 0 atom stereocenters. The zero-order valence-electron chi connectivity index (χ0n) is 9.51. The first-order valence-corrected chi connectivity index (χ1v) is 6.30. The van der Waals surface area contributed by atoms with Crippen molar-refractivity contribution in [1.82, 2.24) is 4.72 Å². The van der Waals surface area contributed by atoms with Gasteiger partial charge in [-0.05, 0) is 19.1 Å². The van der Waals surface area contributed by atoms with Crippen LogP contribution in [0.3, 0.4) is 0 Å². The van der Waals surface area contributed by atoms with Crippen molar-refractivity contribution in [3.63, 3.8) is 0 Å². The smallest absolute Gasteiger partial charge is 0.258 e.